The fourth-order valence-electron chi connectivity index (χ4n) is 2.05. The van der Waals surface area contributed by atoms with Crippen molar-refractivity contribution in [3.05, 3.63) is 69.1 Å². The van der Waals surface area contributed by atoms with Crippen LogP contribution in [0.2, 0.25) is 0 Å². The van der Waals surface area contributed by atoms with Crippen LogP contribution in [0.3, 0.4) is 0 Å². The Morgan fingerprint density at radius 1 is 1.04 bits per heavy atom. The number of nitro groups is 1. The molecule has 114 valence electrons. The number of non-ortho nitro benzene ring substituents is 1. The molecule has 3 rings (SSSR count). The van der Waals surface area contributed by atoms with Gasteiger partial charge in [0.15, 0.2) is 5.69 Å². The summed E-state index contributed by atoms with van der Waals surface area (Å²) in [7, 11) is 0. The number of nitro benzene ring substituents is 1. The summed E-state index contributed by atoms with van der Waals surface area (Å²) >= 11 is 0. The Kier molecular flexibility index (Phi) is 3.55. The molecule has 0 aliphatic rings. The van der Waals surface area contributed by atoms with Crippen LogP contribution in [-0.4, -0.2) is 10.0 Å². The molecule has 1 N–H and O–H groups in total. The van der Waals surface area contributed by atoms with Crippen LogP contribution in [0.15, 0.2) is 68.0 Å². The monoisotopic (exact) mass is 311 g/mol. The molecule has 0 saturated heterocycles. The molecule has 0 saturated carbocycles. The molecular weight excluding hydrogens is 302 g/mol. The lowest BCUT2D eigenvalue weighted by atomic mass is 10.1. The van der Waals surface area contributed by atoms with Gasteiger partial charge in [0.05, 0.1) is 16.0 Å². The number of hydrogen-bond donors (Lipinski definition) is 1. The lowest BCUT2D eigenvalue weighted by Gasteiger charge is -2.01. The maximum absolute atomic E-state index is 11.9. The molecule has 1 heterocycles. The van der Waals surface area contributed by atoms with Crippen molar-refractivity contribution in [3.8, 4) is 5.95 Å². The van der Waals surface area contributed by atoms with E-state index in [0.717, 1.165) is 0 Å². The van der Waals surface area contributed by atoms with Gasteiger partial charge >= 0.3 is 5.63 Å². The van der Waals surface area contributed by atoms with Crippen molar-refractivity contribution in [1.29, 1.82) is 0 Å². The third-order valence-electron chi connectivity index (χ3n) is 3.10. The number of aromatic hydroxyl groups is 1. The smallest absolute Gasteiger partial charge is 0.367 e. The van der Waals surface area contributed by atoms with E-state index in [9.17, 15) is 20.0 Å². The molecule has 8 heteroatoms. The average molecular weight is 311 g/mol. The second-order valence-corrected chi connectivity index (χ2v) is 4.57. The molecule has 0 aliphatic heterocycles. The number of nitrogens with zero attached hydrogens (tertiary/aromatic N) is 3. The summed E-state index contributed by atoms with van der Waals surface area (Å²) in [6.45, 7) is 0. The van der Waals surface area contributed by atoms with Crippen molar-refractivity contribution in [2.45, 2.75) is 0 Å². The van der Waals surface area contributed by atoms with Gasteiger partial charge in [-0.1, -0.05) is 24.3 Å². The quantitative estimate of drug-likeness (QED) is 0.448. The van der Waals surface area contributed by atoms with Crippen LogP contribution in [0, 0.1) is 10.1 Å². The molecule has 1 aromatic heterocycles. The van der Waals surface area contributed by atoms with Gasteiger partial charge in [0.1, 0.15) is 0 Å². The Balaban J connectivity index is 2.10. The topological polar surface area (TPSA) is 118 Å². The average Bonchev–Trinajstić information content (AvgIpc) is 2.55. The number of rotatable bonds is 3. The van der Waals surface area contributed by atoms with E-state index in [0.29, 0.717) is 10.8 Å². The highest BCUT2D eigenvalue weighted by Gasteiger charge is 2.12. The van der Waals surface area contributed by atoms with Crippen molar-refractivity contribution >= 4 is 27.8 Å². The van der Waals surface area contributed by atoms with Crippen LogP contribution < -0.4 is 5.63 Å². The zero-order valence-electron chi connectivity index (χ0n) is 11.5. The second kappa shape index (κ2) is 5.68. The first-order valence-corrected chi connectivity index (χ1v) is 6.47. The molecule has 0 bridgehead atoms. The summed E-state index contributed by atoms with van der Waals surface area (Å²) in [6.07, 6.45) is 0. The van der Waals surface area contributed by atoms with Crippen LogP contribution >= 0.6 is 0 Å². The lowest BCUT2D eigenvalue weighted by Crippen LogP contribution is -1.98. The predicted molar refractivity (Wildman–Crippen MR) is 81.4 cm³/mol. The van der Waals surface area contributed by atoms with Gasteiger partial charge in [0, 0.05) is 17.5 Å². The van der Waals surface area contributed by atoms with Gasteiger partial charge in [-0.05, 0) is 12.1 Å². The number of benzene rings is 2. The van der Waals surface area contributed by atoms with Crippen molar-refractivity contribution in [3.63, 3.8) is 0 Å². The summed E-state index contributed by atoms with van der Waals surface area (Å²) in [5.74, 6) is -0.500. The Hall–Kier alpha value is -3.55. The van der Waals surface area contributed by atoms with Crippen molar-refractivity contribution in [2.24, 2.45) is 10.2 Å². The van der Waals surface area contributed by atoms with Crippen LogP contribution in [0.4, 0.5) is 17.1 Å². The Morgan fingerprint density at radius 2 is 1.78 bits per heavy atom. The molecule has 0 atom stereocenters. The number of fused-ring (bicyclic) bond motifs is 1. The van der Waals surface area contributed by atoms with E-state index in [-0.39, 0.29) is 17.1 Å². The van der Waals surface area contributed by atoms with Crippen LogP contribution in [0.5, 0.6) is 5.95 Å². The molecule has 0 aliphatic carbocycles. The van der Waals surface area contributed by atoms with E-state index < -0.39 is 16.5 Å². The van der Waals surface area contributed by atoms with Crippen LogP contribution in [0.25, 0.3) is 10.8 Å². The summed E-state index contributed by atoms with van der Waals surface area (Å²) < 4.78 is 4.71. The fourth-order valence-corrected chi connectivity index (χ4v) is 2.05. The Labute approximate surface area is 128 Å². The van der Waals surface area contributed by atoms with E-state index in [1.807, 2.05) is 0 Å². The van der Waals surface area contributed by atoms with Gasteiger partial charge in [0.2, 0.25) is 0 Å². The largest absolute Gasteiger partial charge is 0.480 e. The molecule has 0 fully saturated rings. The van der Waals surface area contributed by atoms with Gasteiger partial charge in [0.25, 0.3) is 11.6 Å². The molecule has 0 spiro atoms. The first-order valence-electron chi connectivity index (χ1n) is 6.47. The first kappa shape index (κ1) is 14.4. The van der Waals surface area contributed by atoms with Crippen molar-refractivity contribution in [1.82, 2.24) is 0 Å². The molecule has 8 nitrogen and oxygen atoms in total. The zero-order valence-corrected chi connectivity index (χ0v) is 11.5. The van der Waals surface area contributed by atoms with Crippen LogP contribution in [-0.2, 0) is 0 Å². The minimum atomic E-state index is -0.851. The summed E-state index contributed by atoms with van der Waals surface area (Å²) in [5.41, 5.74) is -0.861. The molecule has 23 heavy (non-hydrogen) atoms. The zero-order chi connectivity index (χ0) is 16.4. The second-order valence-electron chi connectivity index (χ2n) is 4.57. The minimum absolute atomic E-state index is 0.0927. The van der Waals surface area contributed by atoms with E-state index in [4.69, 9.17) is 4.42 Å². The summed E-state index contributed by atoms with van der Waals surface area (Å²) in [5, 5.41) is 28.7. The Bertz CT molecular complexity index is 994. The Morgan fingerprint density at radius 3 is 2.52 bits per heavy atom. The lowest BCUT2D eigenvalue weighted by molar-refractivity contribution is -0.384. The molecule has 0 radical (unpaired) electrons. The van der Waals surface area contributed by atoms with Crippen LogP contribution in [0.1, 0.15) is 0 Å². The molecule has 0 unspecified atom stereocenters. The minimum Gasteiger partial charge on any atom is -0.480 e. The normalized spacial score (nSPS) is 11.1. The summed E-state index contributed by atoms with van der Waals surface area (Å²) in [6, 6.07) is 12.0. The molecule has 3 aromatic rings. The highest BCUT2D eigenvalue weighted by atomic mass is 16.6. The van der Waals surface area contributed by atoms with Gasteiger partial charge in [-0.25, -0.2) is 4.79 Å². The molecular formula is C15H9N3O5. The number of hydrogen-bond acceptors (Lipinski definition) is 7. The van der Waals surface area contributed by atoms with E-state index in [1.54, 1.807) is 24.3 Å². The van der Waals surface area contributed by atoms with E-state index in [2.05, 4.69) is 10.2 Å². The number of azo groups is 1. The van der Waals surface area contributed by atoms with Gasteiger partial charge in [-0.2, -0.15) is 5.11 Å². The van der Waals surface area contributed by atoms with Gasteiger partial charge in [-0.15, -0.1) is 5.11 Å². The van der Waals surface area contributed by atoms with Gasteiger partial charge in [-0.3, -0.25) is 10.1 Å². The first-order chi connectivity index (χ1) is 11.1. The third-order valence-corrected chi connectivity index (χ3v) is 3.10. The maximum atomic E-state index is 11.9. The maximum Gasteiger partial charge on any atom is 0.367 e. The standard InChI is InChI=1S/C15H9N3O5/c19-14-12-7-2-1-6-11(12)13(15(20)23-14)17-16-9-4-3-5-10(8-9)18(21)22/h1-8,19H. The highest BCUT2D eigenvalue weighted by molar-refractivity contribution is 5.94. The summed E-state index contributed by atoms with van der Waals surface area (Å²) in [4.78, 5) is 22.0. The molecule has 2 aromatic carbocycles. The molecule has 0 amide bonds. The van der Waals surface area contributed by atoms with Crippen molar-refractivity contribution in [2.75, 3.05) is 0 Å². The van der Waals surface area contributed by atoms with E-state index in [1.165, 1.54) is 24.3 Å². The fraction of sp³-hybridized carbons (Fsp3) is 0. The van der Waals surface area contributed by atoms with Crippen molar-refractivity contribution < 1.29 is 14.4 Å². The third kappa shape index (κ3) is 2.77. The predicted octanol–water partition coefficient (Wildman–Crippen LogP) is 3.82. The van der Waals surface area contributed by atoms with E-state index >= 15 is 0 Å². The SMILES string of the molecule is O=c1oc(O)c2ccccc2c1N=Nc1cccc([N+](=O)[O-])c1. The highest BCUT2D eigenvalue weighted by Crippen LogP contribution is 2.30. The van der Waals surface area contributed by atoms with Gasteiger partial charge < -0.3 is 9.52 Å².